The molecule has 1 N–H and O–H groups in total. The number of nitrogens with one attached hydrogen (secondary N) is 1. The lowest BCUT2D eigenvalue weighted by molar-refractivity contribution is 0.340. The molecular formula is C21H23ClN2O. The van der Waals surface area contributed by atoms with Crippen molar-refractivity contribution in [1.29, 1.82) is 0 Å². The van der Waals surface area contributed by atoms with E-state index in [-0.39, 0.29) is 12.4 Å². The van der Waals surface area contributed by atoms with Crippen LogP contribution in [0.1, 0.15) is 30.2 Å². The van der Waals surface area contributed by atoms with E-state index in [0.29, 0.717) is 6.61 Å². The first kappa shape index (κ1) is 17.6. The third-order valence-electron chi connectivity index (χ3n) is 4.60. The number of hydrogen-bond acceptors (Lipinski definition) is 3. The van der Waals surface area contributed by atoms with Crippen LogP contribution in [0.3, 0.4) is 0 Å². The van der Waals surface area contributed by atoms with E-state index in [1.54, 1.807) is 0 Å². The molecule has 3 nitrogen and oxygen atoms in total. The molecule has 25 heavy (non-hydrogen) atoms. The van der Waals surface area contributed by atoms with Crippen LogP contribution in [-0.2, 0) is 12.8 Å². The van der Waals surface area contributed by atoms with Crippen molar-refractivity contribution >= 4 is 34.7 Å². The average Bonchev–Trinajstić information content (AvgIpc) is 3.05. The molecule has 0 unspecified atom stereocenters. The number of rotatable bonds is 4. The molecule has 0 bridgehead atoms. The number of hydrogen-bond donors (Lipinski definition) is 1. The second kappa shape index (κ2) is 7.32. The van der Waals surface area contributed by atoms with Gasteiger partial charge in [-0.05, 0) is 75.1 Å². The summed E-state index contributed by atoms with van der Waals surface area (Å²) in [5.41, 5.74) is 7.27. The zero-order chi connectivity index (χ0) is 16.5. The molecule has 4 heteroatoms. The van der Waals surface area contributed by atoms with Crippen LogP contribution < -0.4 is 10.1 Å². The Morgan fingerprint density at radius 3 is 2.64 bits per heavy atom. The molecule has 2 aromatic carbocycles. The lowest BCUT2D eigenvalue weighted by Gasteiger charge is -2.15. The minimum absolute atomic E-state index is 0. The fourth-order valence-electron chi connectivity index (χ4n) is 3.46. The number of halogens is 1. The number of anilines is 2. The molecule has 0 saturated carbocycles. The Morgan fingerprint density at radius 1 is 1.08 bits per heavy atom. The van der Waals surface area contributed by atoms with Crippen molar-refractivity contribution in [2.45, 2.75) is 33.1 Å². The molecule has 1 heterocycles. The fraction of sp³-hybridized carbons (Fsp3) is 0.286. The van der Waals surface area contributed by atoms with Gasteiger partial charge in [0.25, 0.3) is 0 Å². The van der Waals surface area contributed by atoms with E-state index in [9.17, 15) is 0 Å². The summed E-state index contributed by atoms with van der Waals surface area (Å²) in [5.74, 6) is 0.906. The maximum atomic E-state index is 5.53. The number of nitrogens with zero attached hydrogens (tertiary/aromatic N) is 1. The van der Waals surface area contributed by atoms with Crippen LogP contribution in [-0.4, -0.2) is 11.6 Å². The molecule has 4 rings (SSSR count). The van der Waals surface area contributed by atoms with Crippen LogP contribution in [0.4, 0.5) is 11.4 Å². The first-order valence-electron chi connectivity index (χ1n) is 8.66. The van der Waals surface area contributed by atoms with Gasteiger partial charge in [-0.2, -0.15) is 0 Å². The number of ether oxygens (including phenoxy) is 1. The van der Waals surface area contributed by atoms with Crippen LogP contribution in [0.2, 0.25) is 0 Å². The van der Waals surface area contributed by atoms with E-state index in [1.807, 2.05) is 19.1 Å². The molecule has 0 fully saturated rings. The van der Waals surface area contributed by atoms with E-state index in [4.69, 9.17) is 9.72 Å². The van der Waals surface area contributed by atoms with E-state index >= 15 is 0 Å². The topological polar surface area (TPSA) is 34.1 Å². The molecular weight excluding hydrogens is 332 g/mol. The quantitative estimate of drug-likeness (QED) is 0.662. The van der Waals surface area contributed by atoms with Gasteiger partial charge in [0.1, 0.15) is 5.75 Å². The first-order valence-corrected chi connectivity index (χ1v) is 8.66. The lowest BCUT2D eigenvalue weighted by Crippen LogP contribution is -2.00. The number of aromatic nitrogens is 1. The average molecular weight is 355 g/mol. The molecule has 3 aromatic rings. The van der Waals surface area contributed by atoms with Gasteiger partial charge in [-0.3, -0.25) is 4.98 Å². The van der Waals surface area contributed by atoms with Crippen molar-refractivity contribution in [3.05, 3.63) is 59.3 Å². The van der Waals surface area contributed by atoms with Gasteiger partial charge in [0, 0.05) is 16.8 Å². The van der Waals surface area contributed by atoms with Gasteiger partial charge in [-0.25, -0.2) is 0 Å². The molecule has 1 aliphatic rings. The Bertz CT molecular complexity index is 891. The third-order valence-corrected chi connectivity index (χ3v) is 4.60. The zero-order valence-corrected chi connectivity index (χ0v) is 15.5. The standard InChI is InChI=1S/C21H22N2O.ClH/c1-3-24-16-10-8-15(9-11-16)22-21-17-5-4-6-19(17)23-20-12-7-14(2)13-18(20)21;/h7-13H,3-6H2,1-2H3,(H,22,23);1H. The zero-order valence-electron chi connectivity index (χ0n) is 14.6. The van der Waals surface area contributed by atoms with E-state index < -0.39 is 0 Å². The maximum absolute atomic E-state index is 5.53. The first-order chi connectivity index (χ1) is 11.7. The highest BCUT2D eigenvalue weighted by Gasteiger charge is 2.19. The minimum atomic E-state index is 0. The van der Waals surface area contributed by atoms with Crippen LogP contribution in [0.15, 0.2) is 42.5 Å². The van der Waals surface area contributed by atoms with Crippen molar-refractivity contribution in [2.24, 2.45) is 0 Å². The largest absolute Gasteiger partial charge is 0.494 e. The highest BCUT2D eigenvalue weighted by atomic mass is 35.5. The molecule has 1 aliphatic carbocycles. The maximum Gasteiger partial charge on any atom is 0.119 e. The minimum Gasteiger partial charge on any atom is -0.494 e. The summed E-state index contributed by atoms with van der Waals surface area (Å²) >= 11 is 0. The van der Waals surface area contributed by atoms with Gasteiger partial charge in [-0.15, -0.1) is 12.4 Å². The molecule has 0 saturated heterocycles. The molecule has 1 aromatic heterocycles. The number of pyridine rings is 1. The predicted molar refractivity (Wildman–Crippen MR) is 107 cm³/mol. The summed E-state index contributed by atoms with van der Waals surface area (Å²) < 4.78 is 5.53. The van der Waals surface area contributed by atoms with Crippen molar-refractivity contribution in [1.82, 2.24) is 4.98 Å². The van der Waals surface area contributed by atoms with Crippen LogP contribution in [0.25, 0.3) is 10.9 Å². The van der Waals surface area contributed by atoms with Crippen molar-refractivity contribution in [3.8, 4) is 5.75 Å². The Balaban J connectivity index is 0.00000182. The van der Waals surface area contributed by atoms with Gasteiger partial charge >= 0.3 is 0 Å². The summed E-state index contributed by atoms with van der Waals surface area (Å²) in [7, 11) is 0. The van der Waals surface area contributed by atoms with Crippen LogP contribution in [0, 0.1) is 6.92 Å². The predicted octanol–water partition coefficient (Wildman–Crippen LogP) is 5.60. The van der Waals surface area contributed by atoms with E-state index in [1.165, 1.54) is 34.3 Å². The highest BCUT2D eigenvalue weighted by Crippen LogP contribution is 2.36. The second-order valence-electron chi connectivity index (χ2n) is 6.37. The van der Waals surface area contributed by atoms with Crippen molar-refractivity contribution < 1.29 is 4.74 Å². The molecule has 0 amide bonds. The number of benzene rings is 2. The van der Waals surface area contributed by atoms with Gasteiger partial charge in [0.05, 0.1) is 17.8 Å². The summed E-state index contributed by atoms with van der Waals surface area (Å²) in [5, 5.41) is 4.86. The van der Waals surface area contributed by atoms with Gasteiger partial charge in [0.15, 0.2) is 0 Å². The molecule has 0 atom stereocenters. The normalized spacial score (nSPS) is 12.6. The van der Waals surface area contributed by atoms with Gasteiger partial charge in [-0.1, -0.05) is 11.6 Å². The Labute approximate surface area is 154 Å². The molecule has 130 valence electrons. The smallest absolute Gasteiger partial charge is 0.119 e. The van der Waals surface area contributed by atoms with Gasteiger partial charge < -0.3 is 10.1 Å². The van der Waals surface area contributed by atoms with Crippen molar-refractivity contribution in [2.75, 3.05) is 11.9 Å². The van der Waals surface area contributed by atoms with Crippen LogP contribution >= 0.6 is 12.4 Å². The Hall–Kier alpha value is -2.26. The number of aryl methyl sites for hydroxylation is 2. The summed E-state index contributed by atoms with van der Waals surface area (Å²) in [6.07, 6.45) is 3.37. The van der Waals surface area contributed by atoms with E-state index in [0.717, 1.165) is 29.8 Å². The molecule has 0 spiro atoms. The summed E-state index contributed by atoms with van der Waals surface area (Å²) in [6, 6.07) is 14.7. The Kier molecular flexibility index (Phi) is 5.14. The van der Waals surface area contributed by atoms with Crippen molar-refractivity contribution in [3.63, 3.8) is 0 Å². The fourth-order valence-corrected chi connectivity index (χ4v) is 3.46. The third kappa shape index (κ3) is 3.42. The Morgan fingerprint density at radius 2 is 1.88 bits per heavy atom. The molecule has 0 radical (unpaired) electrons. The van der Waals surface area contributed by atoms with Crippen LogP contribution in [0.5, 0.6) is 5.75 Å². The summed E-state index contributed by atoms with van der Waals surface area (Å²) in [4.78, 5) is 4.88. The molecule has 0 aliphatic heterocycles. The lowest BCUT2D eigenvalue weighted by atomic mass is 10.0. The monoisotopic (exact) mass is 354 g/mol. The van der Waals surface area contributed by atoms with E-state index in [2.05, 4.69) is 42.6 Å². The SMILES string of the molecule is CCOc1ccc(Nc2c3c(nc4ccc(C)cc24)CCC3)cc1.Cl. The second-order valence-corrected chi connectivity index (χ2v) is 6.37. The summed E-state index contributed by atoms with van der Waals surface area (Å²) in [6.45, 7) is 4.82. The van der Waals surface area contributed by atoms with Gasteiger partial charge in [0.2, 0.25) is 0 Å². The highest BCUT2D eigenvalue weighted by molar-refractivity contribution is 5.96. The number of fused-ring (bicyclic) bond motifs is 2.